The van der Waals surface area contributed by atoms with Crippen LogP contribution in [-0.4, -0.2) is 15.2 Å². The van der Waals surface area contributed by atoms with E-state index in [1.165, 1.54) is 7.11 Å². The molecule has 0 saturated carbocycles. The molecule has 3 radical (unpaired) electrons. The molecule has 0 aromatic carbocycles. The van der Waals surface area contributed by atoms with Crippen LogP contribution in [0, 0.1) is 0 Å². The van der Waals surface area contributed by atoms with Gasteiger partial charge in [-0.1, -0.05) is 0 Å². The van der Waals surface area contributed by atoms with E-state index < -0.39 is 0 Å². The molecular formula is CH3BNaO. The van der Waals surface area contributed by atoms with Gasteiger partial charge in [0.05, 0.1) is 0 Å². The van der Waals surface area contributed by atoms with Crippen LogP contribution in [0.25, 0.3) is 0 Å². The third-order valence-corrected chi connectivity index (χ3v) is 0. The van der Waals surface area contributed by atoms with Crippen LogP contribution in [-0.2, 0) is 4.65 Å². The summed E-state index contributed by atoms with van der Waals surface area (Å²) in [7, 11) is 5.75. The Morgan fingerprint density at radius 1 is 1.75 bits per heavy atom. The molecule has 0 amide bonds. The Morgan fingerprint density at radius 2 is 1.75 bits per heavy atom. The van der Waals surface area contributed by atoms with E-state index in [0.717, 1.165) is 0 Å². The minimum atomic E-state index is 0. The molecule has 0 fully saturated rings. The van der Waals surface area contributed by atoms with Crippen LogP contribution in [0.4, 0.5) is 0 Å². The van der Waals surface area contributed by atoms with E-state index in [-0.39, 0.29) is 29.6 Å². The predicted molar refractivity (Wildman–Crippen MR) is 12.8 cm³/mol. The first-order valence-corrected chi connectivity index (χ1v) is 0.644. The van der Waals surface area contributed by atoms with Gasteiger partial charge in [0.2, 0.25) is 0 Å². The van der Waals surface area contributed by atoms with Crippen LogP contribution in [0.5, 0.6) is 0 Å². The zero-order valence-corrected chi connectivity index (χ0v) is 4.99. The first-order valence-electron chi connectivity index (χ1n) is 0.644. The molecular weight excluding hydrogens is 61.8 g/mol. The quantitative estimate of drug-likeness (QED) is 0.269. The summed E-state index contributed by atoms with van der Waals surface area (Å²) >= 11 is 0. The Morgan fingerprint density at radius 3 is 1.75 bits per heavy atom. The Kier molecular flexibility index (Phi) is 20.0. The summed E-state index contributed by atoms with van der Waals surface area (Å²) in [6.45, 7) is 0. The SMILES string of the molecule is [B-]OC.[Na+]. The molecule has 17 valence electrons. The zero-order chi connectivity index (χ0) is 2.71. The van der Waals surface area contributed by atoms with E-state index in [0.29, 0.717) is 0 Å². The van der Waals surface area contributed by atoms with Crippen molar-refractivity contribution in [2.24, 2.45) is 0 Å². The average molecular weight is 64.8 g/mol. The maximum Gasteiger partial charge on any atom is 1.00 e. The maximum atomic E-state index is 4.35. The van der Waals surface area contributed by atoms with Gasteiger partial charge in [0.15, 0.2) is 0 Å². The third kappa shape index (κ3) is 11.8. The summed E-state index contributed by atoms with van der Waals surface area (Å²) in [6, 6.07) is 0. The van der Waals surface area contributed by atoms with Crippen molar-refractivity contribution in [1.82, 2.24) is 0 Å². The van der Waals surface area contributed by atoms with Crippen molar-refractivity contribution < 1.29 is 34.2 Å². The smallest absolute Gasteiger partial charge is 0.704 e. The minimum absolute atomic E-state index is 0. The molecule has 0 N–H and O–H groups in total. The fourth-order valence-corrected chi connectivity index (χ4v) is 0. The molecule has 0 rings (SSSR count). The number of rotatable bonds is 0. The van der Waals surface area contributed by atoms with Crippen LogP contribution in [0.1, 0.15) is 0 Å². The Bertz CT molecular complexity index is 8.00. The summed E-state index contributed by atoms with van der Waals surface area (Å²) in [5.74, 6) is 0. The van der Waals surface area contributed by atoms with Gasteiger partial charge < -0.3 is 12.7 Å². The predicted octanol–water partition coefficient (Wildman–Crippen LogP) is -3.28. The van der Waals surface area contributed by atoms with Crippen molar-refractivity contribution in [2.45, 2.75) is 0 Å². The van der Waals surface area contributed by atoms with E-state index in [1.807, 2.05) is 0 Å². The fraction of sp³-hybridized carbons (Fsp3) is 1.00. The van der Waals surface area contributed by atoms with E-state index in [9.17, 15) is 0 Å². The molecule has 1 nitrogen and oxygen atoms in total. The van der Waals surface area contributed by atoms with E-state index in [1.54, 1.807) is 0 Å². The summed E-state index contributed by atoms with van der Waals surface area (Å²) in [5, 5.41) is 0. The molecule has 0 saturated heterocycles. The van der Waals surface area contributed by atoms with Crippen LogP contribution in [0.3, 0.4) is 0 Å². The second kappa shape index (κ2) is 8.98. The second-order valence-corrected chi connectivity index (χ2v) is 0.236. The number of hydrogen-bond acceptors (Lipinski definition) is 1. The van der Waals surface area contributed by atoms with Crippen LogP contribution in [0.15, 0.2) is 0 Å². The molecule has 0 aromatic rings. The van der Waals surface area contributed by atoms with Gasteiger partial charge in [-0.3, -0.25) is 0 Å². The van der Waals surface area contributed by atoms with Gasteiger partial charge in [-0.2, -0.15) is 0 Å². The standard InChI is InChI=1S/CH3BO.Na/c1-3-2;/h1H3;/q-1;+1. The Hall–Kier alpha value is 1.02. The summed E-state index contributed by atoms with van der Waals surface area (Å²) in [4.78, 5) is 0. The molecule has 0 atom stereocenters. The van der Waals surface area contributed by atoms with Gasteiger partial charge in [-0.05, 0) is 7.11 Å². The van der Waals surface area contributed by atoms with Gasteiger partial charge in [-0.25, -0.2) is 0 Å². The first kappa shape index (κ1) is 8.90. The molecule has 3 heteroatoms. The van der Waals surface area contributed by atoms with Crippen LogP contribution < -0.4 is 29.6 Å². The first-order chi connectivity index (χ1) is 1.41. The Labute approximate surface area is 49.5 Å². The third-order valence-electron chi connectivity index (χ3n) is 0. The van der Waals surface area contributed by atoms with Crippen molar-refractivity contribution in [3.8, 4) is 0 Å². The number of hydrogen-bond donors (Lipinski definition) is 0. The molecule has 0 aromatic heterocycles. The molecule has 0 bridgehead atoms. The second-order valence-electron chi connectivity index (χ2n) is 0.236. The van der Waals surface area contributed by atoms with Gasteiger partial charge in [0.25, 0.3) is 0 Å². The van der Waals surface area contributed by atoms with Crippen LogP contribution in [0.2, 0.25) is 0 Å². The molecule has 0 spiro atoms. The van der Waals surface area contributed by atoms with Gasteiger partial charge in [-0.15, -0.1) is 0 Å². The summed E-state index contributed by atoms with van der Waals surface area (Å²) < 4.78 is 3.75. The molecule has 4 heavy (non-hydrogen) atoms. The largest absolute Gasteiger partial charge is 1.00 e. The molecule has 0 aliphatic rings. The normalized spacial score (nSPS) is 4.50. The topological polar surface area (TPSA) is 9.23 Å². The summed E-state index contributed by atoms with van der Waals surface area (Å²) in [5.41, 5.74) is 0. The van der Waals surface area contributed by atoms with Gasteiger partial charge >= 0.3 is 29.6 Å². The van der Waals surface area contributed by atoms with E-state index >= 15 is 0 Å². The van der Waals surface area contributed by atoms with Crippen molar-refractivity contribution in [2.75, 3.05) is 7.11 Å². The fourth-order valence-electron chi connectivity index (χ4n) is 0. The Balaban J connectivity index is 0. The van der Waals surface area contributed by atoms with Crippen molar-refractivity contribution in [1.29, 1.82) is 0 Å². The average Bonchev–Trinajstić information content (AvgIpc) is 0.918. The zero-order valence-electron chi connectivity index (χ0n) is 2.99. The van der Waals surface area contributed by atoms with Crippen molar-refractivity contribution >= 4 is 8.05 Å². The van der Waals surface area contributed by atoms with E-state index in [2.05, 4.69) is 12.7 Å². The van der Waals surface area contributed by atoms with Crippen molar-refractivity contribution in [3.05, 3.63) is 0 Å². The molecule has 0 aliphatic carbocycles. The molecule has 0 aliphatic heterocycles. The maximum absolute atomic E-state index is 4.35. The van der Waals surface area contributed by atoms with Crippen LogP contribution >= 0.6 is 0 Å². The van der Waals surface area contributed by atoms with Gasteiger partial charge in [0.1, 0.15) is 0 Å². The molecule has 0 heterocycles. The van der Waals surface area contributed by atoms with E-state index in [4.69, 9.17) is 0 Å². The summed E-state index contributed by atoms with van der Waals surface area (Å²) in [6.07, 6.45) is 0. The minimum Gasteiger partial charge on any atom is -0.704 e. The van der Waals surface area contributed by atoms with Gasteiger partial charge in [0, 0.05) is 0 Å². The molecule has 0 unspecified atom stereocenters. The van der Waals surface area contributed by atoms with Crippen molar-refractivity contribution in [3.63, 3.8) is 0 Å². The monoisotopic (exact) mass is 65.0 g/mol.